The summed E-state index contributed by atoms with van der Waals surface area (Å²) in [5.41, 5.74) is 2.20. The van der Waals surface area contributed by atoms with E-state index in [4.69, 9.17) is 11.8 Å². The number of carbonyl (C=O) groups is 1. The molecule has 0 aliphatic carbocycles. The molecule has 0 heterocycles. The van der Waals surface area contributed by atoms with Gasteiger partial charge in [0.15, 0.2) is 5.52 Å². The second-order valence-electron chi connectivity index (χ2n) is 4.52. The first-order chi connectivity index (χ1) is 6.82. The first kappa shape index (κ1) is 13.0. The summed E-state index contributed by atoms with van der Waals surface area (Å²) < 4.78 is 0. The van der Waals surface area contributed by atoms with Crippen molar-refractivity contribution in [2.24, 2.45) is 0 Å². The lowest BCUT2D eigenvalue weighted by atomic mass is 9.87. The maximum Gasteiger partial charge on any atom is 0.194 e. The van der Waals surface area contributed by atoms with Crippen LogP contribution in [0, 0.1) is 0 Å². The van der Waals surface area contributed by atoms with Crippen LogP contribution in [0.25, 0.3) is 0 Å². The third-order valence-electron chi connectivity index (χ3n) is 2.24. The molecule has 0 saturated carbocycles. The number of carbonyl (C=O) groups excluding carboxylic acids is 1. The molecule has 2 atom stereocenters. The summed E-state index contributed by atoms with van der Waals surface area (Å²) in [6.07, 6.45) is -1.35. The maximum atomic E-state index is 11.6. The molecule has 0 bridgehead atoms. The van der Waals surface area contributed by atoms with Crippen molar-refractivity contribution < 1.29 is 4.79 Å². The van der Waals surface area contributed by atoms with Gasteiger partial charge in [-0.1, -0.05) is 65.8 Å². The molecule has 0 N–H and O–H groups in total. The summed E-state index contributed by atoms with van der Waals surface area (Å²) in [6.45, 7) is 6.46. The average molecular weight is 258 g/mol. The monoisotopic (exact) mass is 258 g/mol. The van der Waals surface area contributed by atoms with Gasteiger partial charge in [0.25, 0.3) is 0 Å². The third-order valence-corrected chi connectivity index (χ3v) is 4.32. The van der Waals surface area contributed by atoms with Gasteiger partial charge in [-0.3, -0.25) is 4.79 Å². The van der Waals surface area contributed by atoms with E-state index in [0.29, 0.717) is 0 Å². The van der Waals surface area contributed by atoms with Crippen molar-refractivity contribution in [1.29, 1.82) is 0 Å². The van der Waals surface area contributed by atoms with Gasteiger partial charge in [0.05, 0.1) is 0 Å². The molecule has 0 fully saturated rings. The van der Waals surface area contributed by atoms with Crippen LogP contribution < -0.4 is 0 Å². The molecule has 1 rings (SSSR count). The van der Waals surface area contributed by atoms with Gasteiger partial charge < -0.3 is 0 Å². The number of rotatable bonds is 2. The largest absolute Gasteiger partial charge is 0.288 e. The Labute approximate surface area is 99.2 Å². The molecule has 0 saturated heterocycles. The fourth-order valence-corrected chi connectivity index (χ4v) is 2.57. The Morgan fingerprint density at radius 3 is 2.07 bits per heavy atom. The Kier molecular flexibility index (Phi) is 4.23. The number of hydrogen-bond acceptors (Lipinski definition) is 2. The van der Waals surface area contributed by atoms with E-state index in [-0.39, 0.29) is 10.9 Å². The molecule has 0 amide bonds. The van der Waals surface area contributed by atoms with Crippen molar-refractivity contribution in [1.82, 2.24) is 0 Å². The lowest BCUT2D eigenvalue weighted by molar-refractivity contribution is 0.108. The molecule has 0 aliphatic heterocycles. The molecular weight excluding hydrogens is 242 g/mol. The normalized spacial score (nSPS) is 13.6. The molecule has 0 spiro atoms. The highest BCUT2D eigenvalue weighted by molar-refractivity contribution is 8.40. The van der Waals surface area contributed by atoms with E-state index in [0.717, 1.165) is 5.56 Å². The Morgan fingerprint density at radius 1 is 1.27 bits per heavy atom. The average Bonchev–Trinajstić information content (AvgIpc) is 2.15. The van der Waals surface area contributed by atoms with Gasteiger partial charge in [0, 0.05) is 11.9 Å². The zero-order chi connectivity index (χ0) is 11.6. The highest BCUT2D eigenvalue weighted by Crippen LogP contribution is 2.35. The van der Waals surface area contributed by atoms with Crippen molar-refractivity contribution in [3.8, 4) is 0 Å². The fourth-order valence-electron chi connectivity index (χ4n) is 1.26. The van der Waals surface area contributed by atoms with E-state index in [9.17, 15) is 4.79 Å². The van der Waals surface area contributed by atoms with Crippen molar-refractivity contribution in [3.63, 3.8) is 0 Å². The second-order valence-corrected chi connectivity index (χ2v) is 10.0. The van der Waals surface area contributed by atoms with Gasteiger partial charge >= 0.3 is 0 Å². The van der Waals surface area contributed by atoms with Crippen LogP contribution in [-0.2, 0) is 17.2 Å². The van der Waals surface area contributed by atoms with Crippen LogP contribution in [0.3, 0.4) is 0 Å². The SMILES string of the molecule is CC(C)(C)c1ccc(C(=O)[PH](P)=S)cc1. The van der Waals surface area contributed by atoms with Crippen LogP contribution >= 0.6 is 15.3 Å². The lowest BCUT2D eigenvalue weighted by Gasteiger charge is -2.18. The zero-order valence-corrected chi connectivity index (χ0v) is 12.2. The van der Waals surface area contributed by atoms with Gasteiger partial charge in [-0.15, -0.1) is 0 Å². The van der Waals surface area contributed by atoms with E-state index in [1.165, 1.54) is 5.56 Å². The fraction of sp³-hybridized carbons (Fsp3) is 0.364. The van der Waals surface area contributed by atoms with Gasteiger partial charge in [-0.05, 0) is 11.0 Å². The summed E-state index contributed by atoms with van der Waals surface area (Å²) in [7, 11) is 2.45. The van der Waals surface area contributed by atoms with E-state index >= 15 is 0 Å². The minimum Gasteiger partial charge on any atom is -0.288 e. The second kappa shape index (κ2) is 4.87. The highest BCUT2D eigenvalue weighted by Gasteiger charge is 2.14. The first-order valence-corrected chi connectivity index (χ1v) is 9.21. The summed E-state index contributed by atoms with van der Waals surface area (Å²) >= 11 is 5.01. The standard InChI is InChI=1S/C11H16OP2S/c1-11(2,3)9-6-4-8(5-7-9)10(12)14(13)15/h4-7,14H,13H2,1-3H3. The first-order valence-electron chi connectivity index (χ1n) is 4.77. The smallest absolute Gasteiger partial charge is 0.194 e. The quantitative estimate of drug-likeness (QED) is 0.754. The minimum absolute atomic E-state index is 0.0976. The van der Waals surface area contributed by atoms with Gasteiger partial charge in [0.2, 0.25) is 0 Å². The van der Waals surface area contributed by atoms with Crippen LogP contribution in [0.5, 0.6) is 0 Å². The number of hydrogen-bond donors (Lipinski definition) is 0. The molecule has 2 unspecified atom stereocenters. The zero-order valence-electron chi connectivity index (χ0n) is 9.20. The molecule has 1 aromatic carbocycles. The van der Waals surface area contributed by atoms with Crippen LogP contribution in [0.15, 0.2) is 24.3 Å². The summed E-state index contributed by atoms with van der Waals surface area (Å²) in [4.78, 5) is 11.6. The molecule has 0 aliphatic rings. The molecular formula is C11H16OP2S. The van der Waals surface area contributed by atoms with Crippen LogP contribution in [0.1, 0.15) is 36.7 Å². The van der Waals surface area contributed by atoms with Crippen LogP contribution in [0.4, 0.5) is 0 Å². The molecule has 1 nitrogen and oxygen atoms in total. The summed E-state index contributed by atoms with van der Waals surface area (Å²) in [5, 5.41) is 0. The Bertz CT molecular complexity index is 390. The molecule has 82 valence electrons. The van der Waals surface area contributed by atoms with Gasteiger partial charge in [0.1, 0.15) is 0 Å². The molecule has 0 radical (unpaired) electrons. The molecule has 1 aromatic rings. The Hall–Kier alpha value is -0.0300. The predicted octanol–water partition coefficient (Wildman–Crippen LogP) is 3.59. The van der Waals surface area contributed by atoms with Crippen LogP contribution in [-0.4, -0.2) is 5.52 Å². The summed E-state index contributed by atoms with van der Waals surface area (Å²) in [5.74, 6) is 0. The van der Waals surface area contributed by atoms with E-state index in [1.807, 2.05) is 24.3 Å². The van der Waals surface area contributed by atoms with E-state index < -0.39 is 6.39 Å². The van der Waals surface area contributed by atoms with Crippen molar-refractivity contribution in [2.75, 3.05) is 0 Å². The molecule has 15 heavy (non-hydrogen) atoms. The molecule has 0 aromatic heterocycles. The van der Waals surface area contributed by atoms with E-state index in [2.05, 4.69) is 29.7 Å². The van der Waals surface area contributed by atoms with E-state index in [1.54, 1.807) is 0 Å². The topological polar surface area (TPSA) is 17.1 Å². The third kappa shape index (κ3) is 3.48. The van der Waals surface area contributed by atoms with Gasteiger partial charge in [-0.25, -0.2) is 0 Å². The van der Waals surface area contributed by atoms with Crippen molar-refractivity contribution >= 4 is 32.6 Å². The van der Waals surface area contributed by atoms with Crippen molar-refractivity contribution in [3.05, 3.63) is 35.4 Å². The minimum atomic E-state index is -1.35. The Balaban J connectivity index is 3.01. The van der Waals surface area contributed by atoms with Gasteiger partial charge in [-0.2, -0.15) is 0 Å². The lowest BCUT2D eigenvalue weighted by Crippen LogP contribution is -2.10. The maximum absolute atomic E-state index is 11.6. The number of benzene rings is 1. The van der Waals surface area contributed by atoms with Crippen molar-refractivity contribution in [2.45, 2.75) is 26.2 Å². The van der Waals surface area contributed by atoms with Crippen LogP contribution in [0.2, 0.25) is 0 Å². The highest BCUT2D eigenvalue weighted by atomic mass is 32.6. The summed E-state index contributed by atoms with van der Waals surface area (Å²) in [6, 6.07) is 7.78. The predicted molar refractivity (Wildman–Crippen MR) is 74.9 cm³/mol. The Morgan fingerprint density at radius 2 is 1.73 bits per heavy atom. The molecule has 4 heteroatoms.